The van der Waals surface area contributed by atoms with Gasteiger partial charge in [-0.3, -0.25) is 4.79 Å². The molecule has 92 valence electrons. The van der Waals surface area contributed by atoms with Crippen molar-refractivity contribution in [3.63, 3.8) is 0 Å². The van der Waals surface area contributed by atoms with Crippen LogP contribution in [0, 0.1) is 0 Å². The number of hydrogen-bond acceptors (Lipinski definition) is 3. The van der Waals surface area contributed by atoms with Gasteiger partial charge in [-0.05, 0) is 12.5 Å². The third kappa shape index (κ3) is 3.17. The highest BCUT2D eigenvalue weighted by atomic mass is 16.5. The molecule has 0 aliphatic rings. The number of Topliss-reactive ketones (excluding diaryl/α,β-unsaturated/α-hetero) is 1. The zero-order valence-electron chi connectivity index (χ0n) is 10.3. The molecule has 3 nitrogen and oxygen atoms in total. The molecule has 1 heterocycles. The first kappa shape index (κ1) is 12.3. The van der Waals surface area contributed by atoms with Crippen LogP contribution in [0.3, 0.4) is 0 Å². The summed E-state index contributed by atoms with van der Waals surface area (Å²) in [5.41, 5.74) is 1.62. The number of carbonyl (C=O) groups excluding carboxylic acids is 1. The van der Waals surface area contributed by atoms with Gasteiger partial charge in [-0.15, -0.1) is 0 Å². The van der Waals surface area contributed by atoms with Gasteiger partial charge >= 0.3 is 0 Å². The smallest absolute Gasteiger partial charge is 0.213 e. The van der Waals surface area contributed by atoms with E-state index in [0.29, 0.717) is 18.7 Å². The average Bonchev–Trinajstić information content (AvgIpc) is 2.46. The summed E-state index contributed by atoms with van der Waals surface area (Å²) >= 11 is 0. The predicted octanol–water partition coefficient (Wildman–Crippen LogP) is 2.91. The molecule has 0 aliphatic carbocycles. The van der Waals surface area contributed by atoms with Crippen molar-refractivity contribution in [2.75, 3.05) is 7.11 Å². The van der Waals surface area contributed by atoms with Crippen LogP contribution in [0.4, 0.5) is 0 Å². The zero-order valence-corrected chi connectivity index (χ0v) is 10.3. The highest BCUT2D eigenvalue weighted by molar-refractivity contribution is 5.96. The molecule has 2 aromatic rings. The van der Waals surface area contributed by atoms with Gasteiger partial charge in [0.15, 0.2) is 5.78 Å². The summed E-state index contributed by atoms with van der Waals surface area (Å²) in [6.45, 7) is 0. The molecule has 0 bridgehead atoms. The molecule has 0 amide bonds. The molecule has 0 spiro atoms. The average molecular weight is 241 g/mol. The van der Waals surface area contributed by atoms with Crippen molar-refractivity contribution in [2.45, 2.75) is 12.8 Å². The van der Waals surface area contributed by atoms with Gasteiger partial charge in [0.2, 0.25) is 5.88 Å². The van der Waals surface area contributed by atoms with Crippen LogP contribution in [0.15, 0.2) is 48.5 Å². The number of hydrogen-bond donors (Lipinski definition) is 0. The normalized spacial score (nSPS) is 10.1. The summed E-state index contributed by atoms with van der Waals surface area (Å²) in [5.74, 6) is 0.722. The standard InChI is InChI=1S/C15H15NO2/c1-18-15-9-5-8-13(16-15)10-11-14(17)12-6-3-2-4-7-12/h2-9H,10-11H2,1H3. The molecule has 0 saturated heterocycles. The lowest BCUT2D eigenvalue weighted by molar-refractivity contribution is 0.0982. The number of pyridine rings is 1. The second-order valence-corrected chi connectivity index (χ2v) is 3.96. The molecule has 1 aromatic heterocycles. The number of ketones is 1. The van der Waals surface area contributed by atoms with E-state index >= 15 is 0 Å². The summed E-state index contributed by atoms with van der Waals surface area (Å²) in [7, 11) is 1.58. The van der Waals surface area contributed by atoms with E-state index in [0.717, 1.165) is 11.3 Å². The monoisotopic (exact) mass is 241 g/mol. The van der Waals surface area contributed by atoms with E-state index in [1.54, 1.807) is 13.2 Å². The van der Waals surface area contributed by atoms with Crippen LogP contribution < -0.4 is 4.74 Å². The fourth-order valence-electron chi connectivity index (χ4n) is 1.72. The number of benzene rings is 1. The molecule has 1 aromatic carbocycles. The van der Waals surface area contributed by atoms with E-state index in [4.69, 9.17) is 4.74 Å². The molecule has 0 radical (unpaired) electrons. The Hall–Kier alpha value is -2.16. The number of aromatic nitrogens is 1. The van der Waals surface area contributed by atoms with Crippen LogP contribution in [0.5, 0.6) is 5.88 Å². The Balaban J connectivity index is 1.97. The van der Waals surface area contributed by atoms with E-state index in [1.165, 1.54) is 0 Å². The Morgan fingerprint density at radius 2 is 1.89 bits per heavy atom. The molecule has 0 aliphatic heterocycles. The fraction of sp³-hybridized carbons (Fsp3) is 0.200. The first-order valence-electron chi connectivity index (χ1n) is 5.88. The molecular formula is C15H15NO2. The molecule has 0 N–H and O–H groups in total. The van der Waals surface area contributed by atoms with Gasteiger partial charge in [0.25, 0.3) is 0 Å². The predicted molar refractivity (Wildman–Crippen MR) is 69.9 cm³/mol. The van der Waals surface area contributed by atoms with E-state index in [-0.39, 0.29) is 5.78 Å². The topological polar surface area (TPSA) is 39.2 Å². The molecule has 0 saturated carbocycles. The fourth-order valence-corrected chi connectivity index (χ4v) is 1.72. The summed E-state index contributed by atoms with van der Waals surface area (Å²) in [6, 6.07) is 14.9. The number of nitrogens with zero attached hydrogens (tertiary/aromatic N) is 1. The molecule has 0 atom stereocenters. The lowest BCUT2D eigenvalue weighted by atomic mass is 10.1. The number of rotatable bonds is 5. The third-order valence-electron chi connectivity index (χ3n) is 2.69. The van der Waals surface area contributed by atoms with Gasteiger partial charge in [-0.25, -0.2) is 4.98 Å². The van der Waals surface area contributed by atoms with Crippen LogP contribution in [-0.4, -0.2) is 17.9 Å². The Kier molecular flexibility index (Phi) is 4.07. The summed E-state index contributed by atoms with van der Waals surface area (Å²) < 4.78 is 5.05. The highest BCUT2D eigenvalue weighted by Gasteiger charge is 2.06. The quantitative estimate of drug-likeness (QED) is 0.755. The van der Waals surface area contributed by atoms with Crippen molar-refractivity contribution in [1.29, 1.82) is 0 Å². The zero-order chi connectivity index (χ0) is 12.8. The lowest BCUT2D eigenvalue weighted by Crippen LogP contribution is -2.02. The van der Waals surface area contributed by atoms with E-state index in [1.807, 2.05) is 42.5 Å². The van der Waals surface area contributed by atoms with Crippen LogP contribution >= 0.6 is 0 Å². The van der Waals surface area contributed by atoms with Gasteiger partial charge in [0.05, 0.1) is 7.11 Å². The summed E-state index contributed by atoms with van der Waals surface area (Å²) in [4.78, 5) is 16.2. The van der Waals surface area contributed by atoms with Gasteiger partial charge in [-0.2, -0.15) is 0 Å². The number of aryl methyl sites for hydroxylation is 1. The number of ether oxygens (including phenoxy) is 1. The molecule has 2 rings (SSSR count). The Morgan fingerprint density at radius 3 is 2.61 bits per heavy atom. The Bertz CT molecular complexity index is 523. The van der Waals surface area contributed by atoms with Crippen LogP contribution in [-0.2, 0) is 6.42 Å². The van der Waals surface area contributed by atoms with Gasteiger partial charge in [0.1, 0.15) is 0 Å². The minimum atomic E-state index is 0.139. The van der Waals surface area contributed by atoms with Crippen molar-refractivity contribution in [3.05, 3.63) is 59.8 Å². The SMILES string of the molecule is COc1cccc(CCC(=O)c2ccccc2)n1. The van der Waals surface area contributed by atoms with Crippen LogP contribution in [0.1, 0.15) is 22.5 Å². The molecule has 0 unspecified atom stereocenters. The first-order chi connectivity index (χ1) is 8.79. The maximum atomic E-state index is 11.9. The van der Waals surface area contributed by atoms with Crippen LogP contribution in [0.25, 0.3) is 0 Å². The van der Waals surface area contributed by atoms with Gasteiger partial charge in [0, 0.05) is 23.7 Å². The van der Waals surface area contributed by atoms with Crippen molar-refractivity contribution in [3.8, 4) is 5.88 Å². The third-order valence-corrected chi connectivity index (χ3v) is 2.69. The molecule has 0 fully saturated rings. The minimum Gasteiger partial charge on any atom is -0.481 e. The minimum absolute atomic E-state index is 0.139. The molecular weight excluding hydrogens is 226 g/mol. The second-order valence-electron chi connectivity index (χ2n) is 3.96. The second kappa shape index (κ2) is 5.96. The van der Waals surface area contributed by atoms with Crippen molar-refractivity contribution in [2.24, 2.45) is 0 Å². The molecule has 18 heavy (non-hydrogen) atoms. The van der Waals surface area contributed by atoms with E-state index in [9.17, 15) is 4.79 Å². The van der Waals surface area contributed by atoms with Gasteiger partial charge in [-0.1, -0.05) is 36.4 Å². The molecule has 3 heteroatoms. The number of methoxy groups -OCH3 is 1. The van der Waals surface area contributed by atoms with Crippen molar-refractivity contribution in [1.82, 2.24) is 4.98 Å². The van der Waals surface area contributed by atoms with E-state index in [2.05, 4.69) is 4.98 Å². The largest absolute Gasteiger partial charge is 0.481 e. The van der Waals surface area contributed by atoms with E-state index < -0.39 is 0 Å². The van der Waals surface area contributed by atoms with Gasteiger partial charge < -0.3 is 4.74 Å². The van der Waals surface area contributed by atoms with Crippen molar-refractivity contribution >= 4 is 5.78 Å². The maximum absolute atomic E-state index is 11.9. The first-order valence-corrected chi connectivity index (χ1v) is 5.88. The van der Waals surface area contributed by atoms with Crippen molar-refractivity contribution < 1.29 is 9.53 Å². The maximum Gasteiger partial charge on any atom is 0.213 e. The summed E-state index contributed by atoms with van der Waals surface area (Å²) in [5, 5.41) is 0. The number of carbonyl (C=O) groups is 1. The lowest BCUT2D eigenvalue weighted by Gasteiger charge is -2.03. The highest BCUT2D eigenvalue weighted by Crippen LogP contribution is 2.10. The summed E-state index contributed by atoms with van der Waals surface area (Å²) in [6.07, 6.45) is 1.09. The Labute approximate surface area is 106 Å². The Morgan fingerprint density at radius 1 is 1.11 bits per heavy atom. The van der Waals surface area contributed by atoms with Crippen LogP contribution in [0.2, 0.25) is 0 Å².